The van der Waals surface area contributed by atoms with Gasteiger partial charge in [-0.2, -0.15) is 11.8 Å². The monoisotopic (exact) mass is 338 g/mol. The quantitative estimate of drug-likeness (QED) is 0.779. The van der Waals surface area contributed by atoms with Crippen LogP contribution in [0.4, 0.5) is 0 Å². The topological polar surface area (TPSA) is 23.6 Å². The van der Waals surface area contributed by atoms with Gasteiger partial charge in [0.2, 0.25) is 5.91 Å². The van der Waals surface area contributed by atoms with E-state index in [1.165, 1.54) is 76.6 Å². The van der Waals surface area contributed by atoms with Gasteiger partial charge in [0.1, 0.15) is 0 Å². The number of hydrogen-bond acceptors (Lipinski definition) is 3. The van der Waals surface area contributed by atoms with Crippen molar-refractivity contribution >= 4 is 17.7 Å². The summed E-state index contributed by atoms with van der Waals surface area (Å²) in [5.41, 5.74) is 0. The van der Waals surface area contributed by atoms with Gasteiger partial charge < -0.3 is 9.80 Å². The molecule has 132 valence electrons. The van der Waals surface area contributed by atoms with Crippen molar-refractivity contribution in [3.05, 3.63) is 0 Å². The van der Waals surface area contributed by atoms with Crippen LogP contribution in [0.2, 0.25) is 0 Å². The van der Waals surface area contributed by atoms with Crippen LogP contribution in [0.15, 0.2) is 0 Å². The molecular weight excluding hydrogens is 304 g/mol. The highest BCUT2D eigenvalue weighted by Crippen LogP contribution is 2.28. The molecule has 1 aliphatic carbocycles. The van der Waals surface area contributed by atoms with Gasteiger partial charge in [-0.3, -0.25) is 4.79 Å². The second-order valence-corrected chi connectivity index (χ2v) is 8.89. The van der Waals surface area contributed by atoms with Crippen LogP contribution in [0.1, 0.15) is 64.2 Å². The zero-order valence-corrected chi connectivity index (χ0v) is 15.5. The van der Waals surface area contributed by atoms with Crippen LogP contribution < -0.4 is 0 Å². The lowest BCUT2D eigenvalue weighted by molar-refractivity contribution is -0.134. The molecular formula is C19H34N2OS. The van der Waals surface area contributed by atoms with Gasteiger partial charge in [-0.25, -0.2) is 0 Å². The van der Waals surface area contributed by atoms with Crippen LogP contribution in [-0.4, -0.2) is 59.4 Å². The molecule has 0 aromatic carbocycles. The summed E-state index contributed by atoms with van der Waals surface area (Å²) in [6, 6.07) is 0.455. The Bertz CT molecular complexity index is 364. The first-order chi connectivity index (χ1) is 11.3. The Morgan fingerprint density at radius 3 is 2.43 bits per heavy atom. The number of carbonyl (C=O) groups is 1. The average molecular weight is 339 g/mol. The Morgan fingerprint density at radius 2 is 1.65 bits per heavy atom. The molecule has 1 saturated carbocycles. The molecule has 3 nitrogen and oxygen atoms in total. The van der Waals surface area contributed by atoms with Crippen molar-refractivity contribution in [3.8, 4) is 0 Å². The second kappa shape index (κ2) is 9.31. The molecule has 0 radical (unpaired) electrons. The summed E-state index contributed by atoms with van der Waals surface area (Å²) >= 11 is 2.06. The summed E-state index contributed by atoms with van der Waals surface area (Å²) in [5.74, 6) is 3.50. The van der Waals surface area contributed by atoms with E-state index in [4.69, 9.17) is 0 Å². The maximum absolute atomic E-state index is 13.0. The van der Waals surface area contributed by atoms with Gasteiger partial charge in [0.05, 0.1) is 6.04 Å². The molecule has 4 heteroatoms. The lowest BCUT2D eigenvalue weighted by atomic mass is 9.86. The maximum atomic E-state index is 13.0. The number of amides is 1. The molecule has 0 N–H and O–H groups in total. The molecule has 3 fully saturated rings. The Labute approximate surface area is 146 Å². The first-order valence-corrected chi connectivity index (χ1v) is 11.1. The fourth-order valence-electron chi connectivity index (χ4n) is 4.50. The van der Waals surface area contributed by atoms with Crippen LogP contribution in [0.5, 0.6) is 0 Å². The molecule has 0 aromatic rings. The molecule has 1 atom stereocenters. The summed E-state index contributed by atoms with van der Waals surface area (Å²) in [4.78, 5) is 17.9. The summed E-state index contributed by atoms with van der Waals surface area (Å²) in [5, 5.41) is 0. The highest BCUT2D eigenvalue weighted by molar-refractivity contribution is 7.99. The van der Waals surface area contributed by atoms with Gasteiger partial charge in [0.15, 0.2) is 0 Å². The Hall–Kier alpha value is -0.220. The molecule has 2 heterocycles. The number of piperidine rings is 1. The first kappa shape index (κ1) is 17.6. The van der Waals surface area contributed by atoms with Gasteiger partial charge in [-0.15, -0.1) is 0 Å². The minimum Gasteiger partial charge on any atom is -0.338 e. The zero-order valence-electron chi connectivity index (χ0n) is 14.7. The standard InChI is InChI=1S/C19H34N2OS/c22-19(14-17-8-3-1-4-9-17)21-12-7-13-23-16-18(21)15-20-10-5-2-6-11-20/h17-18H,1-16H2. The first-order valence-electron chi connectivity index (χ1n) is 9.92. The van der Waals surface area contributed by atoms with Crippen LogP contribution in [-0.2, 0) is 4.79 Å². The molecule has 3 rings (SSSR count). The fraction of sp³-hybridized carbons (Fsp3) is 0.947. The normalized spacial score (nSPS) is 28.5. The molecule has 23 heavy (non-hydrogen) atoms. The second-order valence-electron chi connectivity index (χ2n) is 7.74. The molecule has 2 saturated heterocycles. The van der Waals surface area contributed by atoms with Gasteiger partial charge in [-0.1, -0.05) is 25.7 Å². The SMILES string of the molecule is O=C(CC1CCCCC1)N1CCCSCC1CN1CCCCC1. The predicted octanol–water partition coefficient (Wildman–Crippen LogP) is 3.78. The smallest absolute Gasteiger partial charge is 0.223 e. The van der Waals surface area contributed by atoms with Gasteiger partial charge >= 0.3 is 0 Å². The van der Waals surface area contributed by atoms with Crippen LogP contribution in [0, 0.1) is 5.92 Å². The number of nitrogens with zero attached hydrogens (tertiary/aromatic N) is 2. The Kier molecular flexibility index (Phi) is 7.12. The van der Waals surface area contributed by atoms with Crippen LogP contribution in [0.3, 0.4) is 0 Å². The number of likely N-dealkylation sites (tertiary alicyclic amines) is 1. The van der Waals surface area contributed by atoms with Crippen molar-refractivity contribution in [2.75, 3.05) is 37.7 Å². The zero-order chi connectivity index (χ0) is 15.9. The molecule has 0 aromatic heterocycles. The molecule has 2 aliphatic heterocycles. The Balaban J connectivity index is 1.56. The third-order valence-electron chi connectivity index (χ3n) is 5.86. The number of carbonyl (C=O) groups excluding carboxylic acids is 1. The van der Waals surface area contributed by atoms with Crippen LogP contribution in [0.25, 0.3) is 0 Å². The largest absolute Gasteiger partial charge is 0.338 e. The minimum atomic E-state index is 0.455. The highest BCUT2D eigenvalue weighted by Gasteiger charge is 2.29. The molecule has 0 bridgehead atoms. The van der Waals surface area contributed by atoms with E-state index in [-0.39, 0.29) is 0 Å². The third kappa shape index (κ3) is 5.38. The van der Waals surface area contributed by atoms with Gasteiger partial charge in [0, 0.05) is 25.3 Å². The van der Waals surface area contributed by atoms with E-state index in [1.807, 2.05) is 0 Å². The molecule has 3 aliphatic rings. The molecule has 1 amide bonds. The van der Waals surface area contributed by atoms with E-state index in [0.29, 0.717) is 17.9 Å². The molecule has 1 unspecified atom stereocenters. The summed E-state index contributed by atoms with van der Waals surface area (Å²) in [7, 11) is 0. The number of hydrogen-bond donors (Lipinski definition) is 0. The van der Waals surface area contributed by atoms with E-state index < -0.39 is 0 Å². The van der Waals surface area contributed by atoms with Crippen molar-refractivity contribution < 1.29 is 4.79 Å². The van der Waals surface area contributed by atoms with Crippen LogP contribution >= 0.6 is 11.8 Å². The molecule has 0 spiro atoms. The highest BCUT2D eigenvalue weighted by atomic mass is 32.2. The summed E-state index contributed by atoms with van der Waals surface area (Å²) in [6.45, 7) is 4.60. The lowest BCUT2D eigenvalue weighted by Crippen LogP contribution is -2.49. The fourth-order valence-corrected chi connectivity index (χ4v) is 5.56. The van der Waals surface area contributed by atoms with E-state index in [9.17, 15) is 4.79 Å². The average Bonchev–Trinajstić information content (AvgIpc) is 2.82. The maximum Gasteiger partial charge on any atom is 0.223 e. The third-order valence-corrected chi connectivity index (χ3v) is 7.06. The van der Waals surface area contributed by atoms with E-state index in [2.05, 4.69) is 21.6 Å². The number of rotatable bonds is 4. The lowest BCUT2D eigenvalue weighted by Gasteiger charge is -2.36. The van der Waals surface area contributed by atoms with E-state index in [0.717, 1.165) is 25.3 Å². The Morgan fingerprint density at radius 1 is 0.913 bits per heavy atom. The number of thioether (sulfide) groups is 1. The van der Waals surface area contributed by atoms with Crippen molar-refractivity contribution in [2.24, 2.45) is 5.92 Å². The van der Waals surface area contributed by atoms with E-state index in [1.54, 1.807) is 0 Å². The summed E-state index contributed by atoms with van der Waals surface area (Å²) < 4.78 is 0. The van der Waals surface area contributed by atoms with Gasteiger partial charge in [0.25, 0.3) is 0 Å². The van der Waals surface area contributed by atoms with Crippen molar-refractivity contribution in [2.45, 2.75) is 70.3 Å². The van der Waals surface area contributed by atoms with Crippen molar-refractivity contribution in [3.63, 3.8) is 0 Å². The predicted molar refractivity (Wildman–Crippen MR) is 98.9 cm³/mol. The van der Waals surface area contributed by atoms with Crippen molar-refractivity contribution in [1.29, 1.82) is 0 Å². The summed E-state index contributed by atoms with van der Waals surface area (Å²) in [6.07, 6.45) is 12.7. The van der Waals surface area contributed by atoms with E-state index >= 15 is 0 Å². The van der Waals surface area contributed by atoms with Gasteiger partial charge in [-0.05, 0) is 56.9 Å². The van der Waals surface area contributed by atoms with Crippen molar-refractivity contribution in [1.82, 2.24) is 9.80 Å². The minimum absolute atomic E-state index is 0.455.